The monoisotopic (exact) mass is 340 g/mol. The Hall–Kier alpha value is -2.05. The summed E-state index contributed by atoms with van der Waals surface area (Å²) in [6.45, 7) is 9.30. The van der Waals surface area contributed by atoms with Crippen molar-refractivity contribution in [2.45, 2.75) is 65.1 Å². The molecule has 0 saturated carbocycles. The highest BCUT2D eigenvalue weighted by Gasteiger charge is 2.29. The third-order valence-electron chi connectivity index (χ3n) is 3.80. The molecule has 1 N–H and O–H groups in total. The second kappa shape index (κ2) is 8.17. The van der Waals surface area contributed by atoms with Gasteiger partial charge in [0.25, 0.3) is 0 Å². The van der Waals surface area contributed by atoms with E-state index in [9.17, 15) is 14.4 Å². The Morgan fingerprint density at radius 2 is 1.92 bits per heavy atom. The Kier molecular flexibility index (Phi) is 6.81. The number of carbonyl (C=O) groups excluding carboxylic acids is 3. The van der Waals surface area contributed by atoms with E-state index in [0.717, 1.165) is 5.57 Å². The Labute approximate surface area is 143 Å². The van der Waals surface area contributed by atoms with E-state index in [2.05, 4.69) is 5.32 Å². The predicted octanol–water partition coefficient (Wildman–Crippen LogP) is 2.01. The Bertz CT molecular complexity index is 522. The van der Waals surface area contributed by atoms with Crippen molar-refractivity contribution in [3.63, 3.8) is 0 Å². The van der Waals surface area contributed by atoms with E-state index in [1.807, 2.05) is 13.0 Å². The van der Waals surface area contributed by atoms with Gasteiger partial charge in [-0.2, -0.15) is 0 Å². The fourth-order valence-corrected chi connectivity index (χ4v) is 2.49. The number of rotatable bonds is 4. The van der Waals surface area contributed by atoms with E-state index in [4.69, 9.17) is 9.47 Å². The van der Waals surface area contributed by atoms with Crippen LogP contribution >= 0.6 is 0 Å². The molecule has 0 aliphatic carbocycles. The van der Waals surface area contributed by atoms with Crippen molar-refractivity contribution in [1.29, 1.82) is 0 Å². The van der Waals surface area contributed by atoms with Crippen molar-refractivity contribution in [3.05, 3.63) is 11.6 Å². The minimum atomic E-state index is -0.621. The maximum atomic E-state index is 12.2. The molecule has 0 aromatic carbocycles. The van der Waals surface area contributed by atoms with Gasteiger partial charge in [-0.25, -0.2) is 9.59 Å². The summed E-state index contributed by atoms with van der Waals surface area (Å²) in [5.74, 6) is -0.570. The summed E-state index contributed by atoms with van der Waals surface area (Å²) in [6.07, 6.45) is 2.08. The lowest BCUT2D eigenvalue weighted by Gasteiger charge is -2.26. The van der Waals surface area contributed by atoms with Gasteiger partial charge >= 0.3 is 12.1 Å². The van der Waals surface area contributed by atoms with Crippen LogP contribution in [0.4, 0.5) is 4.79 Å². The minimum Gasteiger partial charge on any atom is -0.467 e. The number of esters is 1. The van der Waals surface area contributed by atoms with Gasteiger partial charge in [-0.1, -0.05) is 6.08 Å². The smallest absolute Gasteiger partial charge is 0.408 e. The first-order chi connectivity index (χ1) is 11.0. The molecule has 2 unspecified atom stereocenters. The zero-order valence-electron chi connectivity index (χ0n) is 15.3. The molecule has 0 spiro atoms. The molecule has 0 saturated heterocycles. The first-order valence-corrected chi connectivity index (χ1v) is 8.11. The quantitative estimate of drug-likeness (QED) is 0.625. The number of alkyl carbamates (subject to hydrolysis) is 1. The number of nitrogens with zero attached hydrogens (tertiary/aromatic N) is 1. The van der Waals surface area contributed by atoms with Crippen molar-refractivity contribution in [2.24, 2.45) is 0 Å². The number of methoxy groups -OCH3 is 1. The SMILES string of the molecule is COC(=O)C(C)N1CCC(C(C)NC(=O)OC(C)(C)C)=CCC1=O. The molecule has 0 aromatic heterocycles. The molecule has 2 atom stereocenters. The number of carbonyl (C=O) groups is 3. The molecule has 1 aliphatic heterocycles. The highest BCUT2D eigenvalue weighted by molar-refractivity contribution is 5.85. The molecule has 0 radical (unpaired) electrons. The van der Waals surface area contributed by atoms with E-state index >= 15 is 0 Å². The number of ether oxygens (including phenoxy) is 2. The maximum Gasteiger partial charge on any atom is 0.408 e. The average Bonchev–Trinajstić information content (AvgIpc) is 2.65. The molecule has 1 heterocycles. The molecule has 1 rings (SSSR count). The highest BCUT2D eigenvalue weighted by atomic mass is 16.6. The van der Waals surface area contributed by atoms with Gasteiger partial charge in [0, 0.05) is 13.0 Å². The topological polar surface area (TPSA) is 84.9 Å². The lowest BCUT2D eigenvalue weighted by atomic mass is 10.0. The zero-order chi connectivity index (χ0) is 18.5. The summed E-state index contributed by atoms with van der Waals surface area (Å²) in [5, 5.41) is 2.78. The lowest BCUT2D eigenvalue weighted by molar-refractivity contribution is -0.151. The summed E-state index contributed by atoms with van der Waals surface area (Å²) >= 11 is 0. The second-order valence-corrected chi connectivity index (χ2v) is 6.89. The third-order valence-corrected chi connectivity index (χ3v) is 3.80. The van der Waals surface area contributed by atoms with E-state index in [-0.39, 0.29) is 18.4 Å². The van der Waals surface area contributed by atoms with E-state index in [1.165, 1.54) is 12.0 Å². The summed E-state index contributed by atoms with van der Waals surface area (Å²) < 4.78 is 9.95. The molecule has 136 valence electrons. The predicted molar refractivity (Wildman–Crippen MR) is 89.3 cm³/mol. The highest BCUT2D eigenvalue weighted by Crippen LogP contribution is 2.18. The first-order valence-electron chi connectivity index (χ1n) is 8.11. The van der Waals surface area contributed by atoms with Crippen LogP contribution in [0, 0.1) is 0 Å². The van der Waals surface area contributed by atoms with E-state index in [1.54, 1.807) is 27.7 Å². The van der Waals surface area contributed by atoms with Crippen molar-refractivity contribution in [3.8, 4) is 0 Å². The molecule has 1 aliphatic rings. The summed E-state index contributed by atoms with van der Waals surface area (Å²) in [7, 11) is 1.30. The van der Waals surface area contributed by atoms with Crippen molar-refractivity contribution in [1.82, 2.24) is 10.2 Å². The van der Waals surface area contributed by atoms with Gasteiger partial charge in [0.05, 0.1) is 13.2 Å². The van der Waals surface area contributed by atoms with Gasteiger partial charge in [0.2, 0.25) is 5.91 Å². The van der Waals surface area contributed by atoms with Crippen LogP contribution in [0.15, 0.2) is 11.6 Å². The van der Waals surface area contributed by atoms with Crippen molar-refractivity contribution < 1.29 is 23.9 Å². The lowest BCUT2D eigenvalue weighted by Crippen LogP contribution is -2.44. The van der Waals surface area contributed by atoms with Crippen LogP contribution in [0.1, 0.15) is 47.5 Å². The molecule has 2 amide bonds. The molecular weight excluding hydrogens is 312 g/mol. The normalized spacial score (nSPS) is 18.2. The Morgan fingerprint density at radius 1 is 1.29 bits per heavy atom. The Balaban J connectivity index is 2.68. The van der Waals surface area contributed by atoms with Crippen molar-refractivity contribution in [2.75, 3.05) is 13.7 Å². The van der Waals surface area contributed by atoms with Crippen molar-refractivity contribution >= 4 is 18.0 Å². The summed E-state index contributed by atoms with van der Waals surface area (Å²) in [5.41, 5.74) is 0.374. The molecule has 7 heteroatoms. The van der Waals surface area contributed by atoms with Gasteiger partial charge in [-0.05, 0) is 46.6 Å². The molecular formula is C17H28N2O5. The molecule has 0 fully saturated rings. The van der Waals surface area contributed by atoms with E-state index < -0.39 is 23.7 Å². The van der Waals surface area contributed by atoms with Gasteiger partial charge in [0.15, 0.2) is 0 Å². The van der Waals surface area contributed by atoms with E-state index in [0.29, 0.717) is 13.0 Å². The third kappa shape index (κ3) is 5.86. The number of amides is 2. The van der Waals surface area contributed by atoms with Crippen LogP contribution < -0.4 is 5.32 Å². The fourth-order valence-electron chi connectivity index (χ4n) is 2.49. The summed E-state index contributed by atoms with van der Waals surface area (Å²) in [6, 6.07) is -0.870. The summed E-state index contributed by atoms with van der Waals surface area (Å²) in [4.78, 5) is 37.2. The average molecular weight is 340 g/mol. The van der Waals surface area contributed by atoms with Crippen LogP contribution in [0.5, 0.6) is 0 Å². The van der Waals surface area contributed by atoms with Crippen LogP contribution in [-0.2, 0) is 19.1 Å². The molecule has 0 aromatic rings. The number of hydrogen-bond acceptors (Lipinski definition) is 5. The molecule has 0 bridgehead atoms. The fraction of sp³-hybridized carbons (Fsp3) is 0.706. The largest absolute Gasteiger partial charge is 0.467 e. The second-order valence-electron chi connectivity index (χ2n) is 6.89. The molecule has 7 nitrogen and oxygen atoms in total. The van der Waals surface area contributed by atoms with Gasteiger partial charge in [0.1, 0.15) is 11.6 Å². The van der Waals surface area contributed by atoms with Crippen LogP contribution in [-0.4, -0.2) is 54.2 Å². The number of hydrogen-bond donors (Lipinski definition) is 1. The van der Waals surface area contributed by atoms with Crippen LogP contribution in [0.2, 0.25) is 0 Å². The van der Waals surface area contributed by atoms with Crippen LogP contribution in [0.25, 0.3) is 0 Å². The number of nitrogens with one attached hydrogen (secondary N) is 1. The maximum absolute atomic E-state index is 12.2. The first kappa shape index (κ1) is 20.0. The standard InChI is InChI=1S/C17H28N2O5/c1-11(18-16(22)24-17(3,4)5)13-7-8-14(20)19(10-9-13)12(2)15(21)23-6/h7,11-12H,8-10H2,1-6H3,(H,18,22). The minimum absolute atomic E-state index is 0.132. The van der Waals surface area contributed by atoms with Gasteiger partial charge < -0.3 is 19.7 Å². The zero-order valence-corrected chi connectivity index (χ0v) is 15.3. The van der Waals surface area contributed by atoms with Gasteiger partial charge in [-0.3, -0.25) is 4.79 Å². The van der Waals surface area contributed by atoms with Gasteiger partial charge in [-0.15, -0.1) is 0 Å². The van der Waals surface area contributed by atoms with Crippen LogP contribution in [0.3, 0.4) is 0 Å². The molecule has 24 heavy (non-hydrogen) atoms. The Morgan fingerprint density at radius 3 is 2.46 bits per heavy atom.